The van der Waals surface area contributed by atoms with Gasteiger partial charge in [-0.25, -0.2) is 4.68 Å². The number of H-pyrrole nitrogens is 1. The molecule has 0 saturated carbocycles. The van der Waals surface area contributed by atoms with Gasteiger partial charge in [0.1, 0.15) is 0 Å². The Kier molecular flexibility index (Phi) is 5.10. The Bertz CT molecular complexity index is 1060. The van der Waals surface area contributed by atoms with Gasteiger partial charge in [0.2, 0.25) is 0 Å². The Morgan fingerprint density at radius 3 is 2.77 bits per heavy atom. The Balaban J connectivity index is 0.00000196. The second-order valence-electron chi connectivity index (χ2n) is 5.45. The second kappa shape index (κ2) is 7.16. The molecule has 4 aromatic rings. The molecule has 0 aliphatic rings. The summed E-state index contributed by atoms with van der Waals surface area (Å²) in [5, 5.41) is 25.5. The van der Waals surface area contributed by atoms with E-state index in [-0.39, 0.29) is 19.0 Å². The number of halogens is 3. The minimum absolute atomic E-state index is 0. The molecular weight excluding hydrogens is 401 g/mol. The zero-order valence-electron chi connectivity index (χ0n) is 13.2. The molecule has 0 spiro atoms. The number of nitrogens with two attached hydrogens (primary N) is 1. The zero-order chi connectivity index (χ0) is 17.6. The predicted molar refractivity (Wildman–Crippen MR) is 103 cm³/mol. The van der Waals surface area contributed by atoms with Crippen molar-refractivity contribution in [1.29, 1.82) is 0 Å². The number of rotatable bonds is 4. The van der Waals surface area contributed by atoms with Crippen LogP contribution in [0.25, 0.3) is 27.8 Å². The highest BCUT2D eigenvalue weighted by atomic mass is 35.5. The molecule has 0 amide bonds. The van der Waals surface area contributed by atoms with Gasteiger partial charge in [-0.3, -0.25) is 9.67 Å². The highest BCUT2D eigenvalue weighted by Crippen LogP contribution is 2.42. The van der Waals surface area contributed by atoms with Crippen molar-refractivity contribution in [3.63, 3.8) is 0 Å². The maximum Gasteiger partial charge on any atom is 0.179 e. The van der Waals surface area contributed by atoms with E-state index >= 15 is 0 Å². The number of hydrogen-bond donors (Lipinski definition) is 3. The first-order valence-electron chi connectivity index (χ1n) is 7.39. The van der Waals surface area contributed by atoms with E-state index in [0.29, 0.717) is 33.6 Å². The number of fused-ring (bicyclic) bond motifs is 1. The maximum absolute atomic E-state index is 9.06. The third-order valence-electron chi connectivity index (χ3n) is 3.91. The number of benzene rings is 1. The van der Waals surface area contributed by atoms with Crippen molar-refractivity contribution in [3.8, 4) is 16.9 Å². The van der Waals surface area contributed by atoms with Crippen LogP contribution in [0.5, 0.6) is 0 Å². The van der Waals surface area contributed by atoms with Gasteiger partial charge in [-0.05, 0) is 6.07 Å². The van der Waals surface area contributed by atoms with E-state index in [9.17, 15) is 0 Å². The number of aliphatic hydroxyl groups excluding tert-OH is 1. The van der Waals surface area contributed by atoms with E-state index in [1.807, 2.05) is 6.20 Å². The number of nitrogens with one attached hydrogen (secondary N) is 1. The van der Waals surface area contributed by atoms with Crippen LogP contribution in [-0.4, -0.2) is 41.5 Å². The lowest BCUT2D eigenvalue weighted by molar-refractivity contribution is 0.268. The number of aromatic nitrogens is 6. The summed E-state index contributed by atoms with van der Waals surface area (Å²) in [6, 6.07) is 1.63. The van der Waals surface area contributed by atoms with Gasteiger partial charge < -0.3 is 10.8 Å². The highest BCUT2D eigenvalue weighted by molar-refractivity contribution is 6.46. The van der Waals surface area contributed by atoms with Crippen LogP contribution in [0, 0.1) is 0 Å². The molecule has 0 fully saturated rings. The lowest BCUT2D eigenvalue weighted by Crippen LogP contribution is -2.02. The summed E-state index contributed by atoms with van der Waals surface area (Å²) in [7, 11) is 0. The number of aromatic amines is 1. The minimum atomic E-state index is -0.0327. The van der Waals surface area contributed by atoms with Gasteiger partial charge in [0.25, 0.3) is 0 Å². The molecule has 0 radical (unpaired) electrons. The van der Waals surface area contributed by atoms with Crippen LogP contribution in [0.2, 0.25) is 10.0 Å². The van der Waals surface area contributed by atoms with Gasteiger partial charge >= 0.3 is 0 Å². The summed E-state index contributed by atoms with van der Waals surface area (Å²) in [6.07, 6.45) is 7.04. The predicted octanol–water partition coefficient (Wildman–Crippen LogP) is 2.92. The molecule has 3 aromatic heterocycles. The van der Waals surface area contributed by atoms with Crippen LogP contribution in [0.15, 0.2) is 30.9 Å². The van der Waals surface area contributed by atoms with Crippen molar-refractivity contribution in [2.75, 3.05) is 12.3 Å². The summed E-state index contributed by atoms with van der Waals surface area (Å²) in [4.78, 5) is 0. The van der Waals surface area contributed by atoms with Gasteiger partial charge in [0.15, 0.2) is 5.82 Å². The quantitative estimate of drug-likeness (QED) is 0.445. The van der Waals surface area contributed by atoms with E-state index in [2.05, 4.69) is 20.5 Å². The fourth-order valence-electron chi connectivity index (χ4n) is 2.81. The van der Waals surface area contributed by atoms with E-state index in [4.69, 9.17) is 34.0 Å². The fourth-order valence-corrected chi connectivity index (χ4v) is 3.25. The van der Waals surface area contributed by atoms with Crippen molar-refractivity contribution in [2.24, 2.45) is 0 Å². The van der Waals surface area contributed by atoms with Gasteiger partial charge in [0, 0.05) is 34.6 Å². The number of nitrogens with zero attached hydrogens (tertiary/aromatic N) is 5. The molecule has 26 heavy (non-hydrogen) atoms. The number of nitrogen functional groups attached to an aromatic ring is 1. The van der Waals surface area contributed by atoms with Crippen molar-refractivity contribution in [2.45, 2.75) is 6.54 Å². The molecule has 0 aliphatic carbocycles. The molecule has 8 nitrogen and oxygen atoms in total. The van der Waals surface area contributed by atoms with Gasteiger partial charge in [-0.2, -0.15) is 5.10 Å². The average Bonchev–Trinajstić information content (AvgIpc) is 3.31. The molecule has 0 bridgehead atoms. The maximum atomic E-state index is 9.06. The highest BCUT2D eigenvalue weighted by Gasteiger charge is 2.20. The van der Waals surface area contributed by atoms with E-state index < -0.39 is 0 Å². The van der Waals surface area contributed by atoms with E-state index in [1.165, 1.54) is 0 Å². The first-order chi connectivity index (χ1) is 12.1. The summed E-state index contributed by atoms with van der Waals surface area (Å²) >= 11 is 12.7. The van der Waals surface area contributed by atoms with Crippen LogP contribution in [0.3, 0.4) is 0 Å². The normalized spacial score (nSPS) is 11.0. The molecule has 0 unspecified atom stereocenters. The van der Waals surface area contributed by atoms with Crippen molar-refractivity contribution >= 4 is 52.2 Å². The van der Waals surface area contributed by atoms with E-state index in [0.717, 1.165) is 16.5 Å². The standard InChI is InChI=1S/C15H13Cl2N7O.ClH/c16-10-3-11(18)13-9(8-4-19-20-5-8)6-24(15(13)14(10)17)12-7-23(1-2-25)22-21-12;/h3-7,25H,1-2,18H2,(H,19,20);1H. The average molecular weight is 415 g/mol. The molecule has 136 valence electrons. The molecule has 0 aliphatic heterocycles. The van der Waals surface area contributed by atoms with Crippen LogP contribution in [0.1, 0.15) is 0 Å². The molecular formula is C15H14Cl3N7O. The molecule has 0 saturated heterocycles. The van der Waals surface area contributed by atoms with Crippen molar-refractivity contribution < 1.29 is 5.11 Å². The van der Waals surface area contributed by atoms with Crippen molar-refractivity contribution in [3.05, 3.63) is 40.9 Å². The topological polar surface area (TPSA) is 111 Å². The van der Waals surface area contributed by atoms with E-state index in [1.54, 1.807) is 33.9 Å². The third kappa shape index (κ3) is 2.90. The Morgan fingerprint density at radius 2 is 2.08 bits per heavy atom. The molecule has 4 rings (SSSR count). The first-order valence-corrected chi connectivity index (χ1v) is 8.14. The fraction of sp³-hybridized carbons (Fsp3) is 0.133. The molecule has 4 N–H and O–H groups in total. The molecule has 1 aromatic carbocycles. The lowest BCUT2D eigenvalue weighted by Gasteiger charge is -2.06. The van der Waals surface area contributed by atoms with Crippen LogP contribution in [-0.2, 0) is 6.54 Å². The Morgan fingerprint density at radius 1 is 1.27 bits per heavy atom. The van der Waals surface area contributed by atoms with Crippen LogP contribution >= 0.6 is 35.6 Å². The Hall–Kier alpha value is -2.26. The summed E-state index contributed by atoms with van der Waals surface area (Å²) < 4.78 is 3.32. The molecule has 3 heterocycles. The lowest BCUT2D eigenvalue weighted by atomic mass is 10.1. The SMILES string of the molecule is Cl.Nc1cc(Cl)c(Cl)c2c1c(-c1cn[nH]c1)cn2-c1cn(CCO)nn1. The van der Waals surface area contributed by atoms with Crippen molar-refractivity contribution in [1.82, 2.24) is 29.8 Å². The zero-order valence-corrected chi connectivity index (χ0v) is 15.6. The number of anilines is 1. The first kappa shape index (κ1) is 18.5. The monoisotopic (exact) mass is 413 g/mol. The molecule has 11 heteroatoms. The van der Waals surface area contributed by atoms with Crippen LogP contribution in [0.4, 0.5) is 5.69 Å². The number of aliphatic hydroxyl groups is 1. The summed E-state index contributed by atoms with van der Waals surface area (Å²) in [5.41, 5.74) is 9.06. The summed E-state index contributed by atoms with van der Waals surface area (Å²) in [6.45, 7) is 0.312. The number of hydrogen-bond acceptors (Lipinski definition) is 5. The Labute approximate surface area is 163 Å². The summed E-state index contributed by atoms with van der Waals surface area (Å²) in [5.74, 6) is 0.539. The third-order valence-corrected chi connectivity index (χ3v) is 4.68. The van der Waals surface area contributed by atoms with Crippen LogP contribution < -0.4 is 5.73 Å². The smallest absolute Gasteiger partial charge is 0.179 e. The van der Waals surface area contributed by atoms with Gasteiger partial charge in [-0.1, -0.05) is 28.4 Å². The minimum Gasteiger partial charge on any atom is -0.398 e. The van der Waals surface area contributed by atoms with Gasteiger partial charge in [0.05, 0.1) is 41.1 Å². The van der Waals surface area contributed by atoms with Gasteiger partial charge in [-0.15, -0.1) is 17.5 Å². The largest absolute Gasteiger partial charge is 0.398 e. The second-order valence-corrected chi connectivity index (χ2v) is 6.23. The molecule has 0 atom stereocenters.